The molecule has 1 amide bonds. The fourth-order valence-corrected chi connectivity index (χ4v) is 2.18. The van der Waals surface area contributed by atoms with E-state index >= 15 is 0 Å². The zero-order chi connectivity index (χ0) is 16.3. The molecule has 1 fully saturated rings. The second-order valence-corrected chi connectivity index (χ2v) is 5.59. The van der Waals surface area contributed by atoms with E-state index in [1.807, 2.05) is 4.90 Å². The van der Waals surface area contributed by atoms with Crippen LogP contribution in [0, 0.1) is 0 Å². The van der Waals surface area contributed by atoms with Gasteiger partial charge in [-0.05, 0) is 25.1 Å². The molecule has 1 aliphatic rings. The van der Waals surface area contributed by atoms with Crippen molar-refractivity contribution in [2.75, 3.05) is 36.5 Å². The van der Waals surface area contributed by atoms with Crippen molar-refractivity contribution < 1.29 is 22.7 Å². The highest BCUT2D eigenvalue weighted by Gasteiger charge is 2.32. The van der Waals surface area contributed by atoms with Crippen LogP contribution in [0.5, 0.6) is 0 Å². The van der Waals surface area contributed by atoms with Gasteiger partial charge in [-0.2, -0.15) is 13.2 Å². The number of anilines is 2. The molecule has 1 heterocycles. The van der Waals surface area contributed by atoms with E-state index in [1.165, 1.54) is 13.0 Å². The molecule has 1 aromatic rings. The summed E-state index contributed by atoms with van der Waals surface area (Å²) < 4.78 is 43.8. The van der Waals surface area contributed by atoms with Crippen LogP contribution < -0.4 is 10.2 Å². The van der Waals surface area contributed by atoms with E-state index in [-0.39, 0.29) is 5.69 Å². The minimum atomic E-state index is -4.48. The van der Waals surface area contributed by atoms with Crippen LogP contribution in [0.3, 0.4) is 0 Å². The van der Waals surface area contributed by atoms with Crippen LogP contribution in [0.2, 0.25) is 0 Å². The Hall–Kier alpha value is -1.47. The fourth-order valence-electron chi connectivity index (χ4n) is 2.12. The Morgan fingerprint density at radius 3 is 2.55 bits per heavy atom. The topological polar surface area (TPSA) is 41.6 Å². The lowest BCUT2D eigenvalue weighted by molar-refractivity contribution is -0.137. The molecular weight excluding hydrogens is 321 g/mol. The SMILES string of the molecule is C[C@H](Cl)C(=O)Nc1cc(C(F)(F)F)ccc1N1CCOCC1. The molecule has 122 valence electrons. The van der Waals surface area contributed by atoms with Gasteiger partial charge in [-0.15, -0.1) is 11.6 Å². The largest absolute Gasteiger partial charge is 0.416 e. The average molecular weight is 337 g/mol. The number of nitrogens with one attached hydrogen (secondary N) is 1. The number of halogens is 4. The highest BCUT2D eigenvalue weighted by Crippen LogP contribution is 2.35. The van der Waals surface area contributed by atoms with Crippen LogP contribution in [0.25, 0.3) is 0 Å². The molecule has 2 rings (SSSR count). The maximum atomic E-state index is 12.9. The zero-order valence-electron chi connectivity index (χ0n) is 11.9. The van der Waals surface area contributed by atoms with Gasteiger partial charge in [-0.1, -0.05) is 0 Å². The van der Waals surface area contributed by atoms with Crippen molar-refractivity contribution in [2.24, 2.45) is 0 Å². The molecule has 22 heavy (non-hydrogen) atoms. The molecule has 1 saturated heterocycles. The third kappa shape index (κ3) is 4.04. The van der Waals surface area contributed by atoms with Gasteiger partial charge in [0, 0.05) is 13.1 Å². The third-order valence-electron chi connectivity index (χ3n) is 3.29. The summed E-state index contributed by atoms with van der Waals surface area (Å²) in [6.07, 6.45) is -4.48. The Kier molecular flexibility index (Phi) is 5.18. The van der Waals surface area contributed by atoms with Crippen molar-refractivity contribution in [3.05, 3.63) is 23.8 Å². The van der Waals surface area contributed by atoms with Gasteiger partial charge in [0.1, 0.15) is 5.38 Å². The molecule has 8 heteroatoms. The van der Waals surface area contributed by atoms with Gasteiger partial charge >= 0.3 is 6.18 Å². The van der Waals surface area contributed by atoms with Crippen LogP contribution in [0.1, 0.15) is 12.5 Å². The smallest absolute Gasteiger partial charge is 0.378 e. The maximum absolute atomic E-state index is 12.9. The van der Waals surface area contributed by atoms with Gasteiger partial charge in [0.25, 0.3) is 0 Å². The van der Waals surface area contributed by atoms with E-state index in [2.05, 4.69) is 5.32 Å². The Bertz CT molecular complexity index is 543. The monoisotopic (exact) mass is 336 g/mol. The van der Waals surface area contributed by atoms with Crippen molar-refractivity contribution in [1.82, 2.24) is 0 Å². The average Bonchev–Trinajstić information content (AvgIpc) is 2.47. The van der Waals surface area contributed by atoms with Gasteiger partial charge < -0.3 is 15.0 Å². The molecule has 1 N–H and O–H groups in total. The summed E-state index contributed by atoms with van der Waals surface area (Å²) in [7, 11) is 0. The molecule has 0 bridgehead atoms. The number of nitrogens with zero attached hydrogens (tertiary/aromatic N) is 1. The van der Waals surface area contributed by atoms with Crippen molar-refractivity contribution >= 4 is 28.9 Å². The first kappa shape index (κ1) is 16.9. The van der Waals surface area contributed by atoms with Crippen molar-refractivity contribution in [2.45, 2.75) is 18.5 Å². The Morgan fingerprint density at radius 2 is 2.00 bits per heavy atom. The second kappa shape index (κ2) is 6.75. The first-order valence-electron chi connectivity index (χ1n) is 6.78. The van der Waals surface area contributed by atoms with E-state index in [9.17, 15) is 18.0 Å². The summed E-state index contributed by atoms with van der Waals surface area (Å²) in [5.74, 6) is -0.546. The van der Waals surface area contributed by atoms with Gasteiger partial charge in [-0.25, -0.2) is 0 Å². The number of carbonyl (C=O) groups is 1. The molecule has 1 aliphatic heterocycles. The fraction of sp³-hybridized carbons (Fsp3) is 0.500. The standard InChI is InChI=1S/C14H16ClF3N2O2/c1-9(15)13(21)19-11-8-10(14(16,17)18)2-3-12(11)20-4-6-22-7-5-20/h2-3,8-9H,4-7H2,1H3,(H,19,21)/t9-/m0/s1. The van der Waals surface area contributed by atoms with Gasteiger partial charge in [-0.3, -0.25) is 4.79 Å². The summed E-state index contributed by atoms with van der Waals surface area (Å²) in [5, 5.41) is 1.63. The molecular formula is C14H16ClF3N2O2. The van der Waals surface area contributed by atoms with Crippen LogP contribution in [-0.2, 0) is 15.7 Å². The molecule has 4 nitrogen and oxygen atoms in total. The van der Waals surface area contributed by atoms with E-state index < -0.39 is 23.0 Å². The molecule has 0 aliphatic carbocycles. The van der Waals surface area contributed by atoms with Crippen molar-refractivity contribution in [3.8, 4) is 0 Å². The summed E-state index contributed by atoms with van der Waals surface area (Å²) in [6, 6.07) is 3.30. The summed E-state index contributed by atoms with van der Waals surface area (Å²) in [5.41, 5.74) is -0.182. The number of amides is 1. The van der Waals surface area contributed by atoms with E-state index in [1.54, 1.807) is 0 Å². The lowest BCUT2D eigenvalue weighted by Crippen LogP contribution is -2.37. The van der Waals surface area contributed by atoms with Gasteiger partial charge in [0.2, 0.25) is 5.91 Å². The number of morpholine rings is 1. The lowest BCUT2D eigenvalue weighted by Gasteiger charge is -2.31. The molecule has 0 aromatic heterocycles. The van der Waals surface area contributed by atoms with E-state index in [0.29, 0.717) is 32.0 Å². The maximum Gasteiger partial charge on any atom is 0.416 e. The Labute approximate surface area is 131 Å². The summed E-state index contributed by atoms with van der Waals surface area (Å²) >= 11 is 5.68. The highest BCUT2D eigenvalue weighted by molar-refractivity contribution is 6.32. The molecule has 0 radical (unpaired) electrons. The lowest BCUT2D eigenvalue weighted by atomic mass is 10.1. The number of carbonyl (C=O) groups excluding carboxylic acids is 1. The highest BCUT2D eigenvalue weighted by atomic mass is 35.5. The number of rotatable bonds is 3. The van der Waals surface area contributed by atoms with Gasteiger partial charge in [0.15, 0.2) is 0 Å². The number of ether oxygens (including phenoxy) is 1. The van der Waals surface area contributed by atoms with Gasteiger partial charge in [0.05, 0.1) is 30.2 Å². The van der Waals surface area contributed by atoms with Crippen LogP contribution in [0.15, 0.2) is 18.2 Å². The first-order chi connectivity index (χ1) is 10.3. The minimum Gasteiger partial charge on any atom is -0.378 e. The number of hydrogen-bond donors (Lipinski definition) is 1. The van der Waals surface area contributed by atoms with Crippen LogP contribution in [-0.4, -0.2) is 37.6 Å². The van der Waals surface area contributed by atoms with E-state index in [4.69, 9.17) is 16.3 Å². The summed E-state index contributed by atoms with van der Waals surface area (Å²) in [4.78, 5) is 13.6. The zero-order valence-corrected chi connectivity index (χ0v) is 12.7. The van der Waals surface area contributed by atoms with Crippen molar-refractivity contribution in [3.63, 3.8) is 0 Å². The van der Waals surface area contributed by atoms with Crippen LogP contribution in [0.4, 0.5) is 24.5 Å². The predicted molar refractivity (Wildman–Crippen MR) is 78.4 cm³/mol. The first-order valence-corrected chi connectivity index (χ1v) is 7.21. The summed E-state index contributed by atoms with van der Waals surface area (Å²) in [6.45, 7) is 3.52. The predicted octanol–water partition coefficient (Wildman–Crippen LogP) is 3.11. The second-order valence-electron chi connectivity index (χ2n) is 4.93. The van der Waals surface area contributed by atoms with Crippen LogP contribution >= 0.6 is 11.6 Å². The number of alkyl halides is 4. The van der Waals surface area contributed by atoms with E-state index in [0.717, 1.165) is 12.1 Å². The molecule has 1 aromatic carbocycles. The number of benzene rings is 1. The molecule has 0 saturated carbocycles. The molecule has 0 spiro atoms. The number of hydrogen-bond acceptors (Lipinski definition) is 3. The minimum absolute atomic E-state index is 0.106. The quantitative estimate of drug-likeness (QED) is 0.862. The molecule has 0 unspecified atom stereocenters. The molecule has 1 atom stereocenters. The Morgan fingerprint density at radius 1 is 1.36 bits per heavy atom. The third-order valence-corrected chi connectivity index (χ3v) is 3.49. The normalized spacial score (nSPS) is 17.2. The van der Waals surface area contributed by atoms with Crippen molar-refractivity contribution in [1.29, 1.82) is 0 Å². The Balaban J connectivity index is 2.36.